The summed E-state index contributed by atoms with van der Waals surface area (Å²) in [6, 6.07) is 12.6. The number of rotatable bonds is 6. The van der Waals surface area contributed by atoms with Crippen LogP contribution in [-0.2, 0) is 6.42 Å². The number of hydrogen-bond donors (Lipinski definition) is 3. The first-order valence-electron chi connectivity index (χ1n) is 7.75. The van der Waals surface area contributed by atoms with Crippen LogP contribution < -0.4 is 15.4 Å². The first-order valence-corrected chi connectivity index (χ1v) is 7.75. The smallest absolute Gasteiger partial charge is 0.176 e. The highest BCUT2D eigenvalue weighted by molar-refractivity contribution is 5.98. The number of hydrogen-bond acceptors (Lipinski definition) is 5. The van der Waals surface area contributed by atoms with Crippen molar-refractivity contribution in [2.24, 2.45) is 0 Å². The van der Waals surface area contributed by atoms with Crippen molar-refractivity contribution in [2.75, 3.05) is 31.6 Å². The van der Waals surface area contributed by atoms with E-state index in [1.54, 1.807) is 18.2 Å². The Labute approximate surface area is 135 Å². The Bertz CT molecular complexity index is 683. The van der Waals surface area contributed by atoms with Gasteiger partial charge in [-0.15, -0.1) is 0 Å². The molecular weight excluding hydrogens is 292 g/mol. The molecule has 0 fully saturated rings. The van der Waals surface area contributed by atoms with E-state index in [4.69, 9.17) is 4.74 Å². The Kier molecular flexibility index (Phi) is 4.78. The summed E-state index contributed by atoms with van der Waals surface area (Å²) in [5.41, 5.74) is 2.68. The largest absolute Gasteiger partial charge is 0.508 e. The number of carbonyl (C=O) groups is 1. The molecule has 0 atom stereocenters. The maximum atomic E-state index is 12.2. The highest BCUT2D eigenvalue weighted by atomic mass is 16.5. The molecule has 0 unspecified atom stereocenters. The molecule has 120 valence electrons. The lowest BCUT2D eigenvalue weighted by Crippen LogP contribution is -2.25. The van der Waals surface area contributed by atoms with Crippen LogP contribution in [0.2, 0.25) is 0 Å². The molecule has 0 spiro atoms. The van der Waals surface area contributed by atoms with E-state index >= 15 is 0 Å². The predicted molar refractivity (Wildman–Crippen MR) is 89.4 cm³/mol. The topological polar surface area (TPSA) is 70.6 Å². The molecule has 3 rings (SSSR count). The van der Waals surface area contributed by atoms with E-state index in [0.29, 0.717) is 25.3 Å². The number of phenolic OH excluding ortho intramolecular Hbond substituents is 1. The van der Waals surface area contributed by atoms with E-state index in [1.165, 1.54) is 0 Å². The van der Waals surface area contributed by atoms with Crippen molar-refractivity contribution in [2.45, 2.75) is 6.42 Å². The Morgan fingerprint density at radius 3 is 2.87 bits per heavy atom. The van der Waals surface area contributed by atoms with Crippen LogP contribution in [0.3, 0.4) is 0 Å². The lowest BCUT2D eigenvalue weighted by Gasteiger charge is -2.19. The van der Waals surface area contributed by atoms with E-state index < -0.39 is 0 Å². The Morgan fingerprint density at radius 2 is 2.04 bits per heavy atom. The number of ketones is 1. The molecule has 1 aliphatic rings. The quantitative estimate of drug-likeness (QED) is 0.563. The zero-order valence-electron chi connectivity index (χ0n) is 12.8. The average molecular weight is 312 g/mol. The minimum atomic E-state index is 0.0610. The Balaban J connectivity index is 1.48. The van der Waals surface area contributed by atoms with Crippen LogP contribution in [0.4, 0.5) is 5.69 Å². The third-order valence-corrected chi connectivity index (χ3v) is 3.79. The van der Waals surface area contributed by atoms with Crippen molar-refractivity contribution in [3.8, 4) is 11.5 Å². The summed E-state index contributed by atoms with van der Waals surface area (Å²) >= 11 is 0. The maximum Gasteiger partial charge on any atom is 0.176 e. The molecule has 5 heteroatoms. The van der Waals surface area contributed by atoms with Gasteiger partial charge >= 0.3 is 0 Å². The number of fused-ring (bicyclic) bond motifs is 1. The van der Waals surface area contributed by atoms with E-state index in [9.17, 15) is 9.90 Å². The summed E-state index contributed by atoms with van der Waals surface area (Å²) in [5.74, 6) is 1.13. The number of phenols is 1. The zero-order valence-corrected chi connectivity index (χ0v) is 12.8. The highest BCUT2D eigenvalue weighted by Crippen LogP contribution is 2.28. The van der Waals surface area contributed by atoms with Crippen molar-refractivity contribution < 1.29 is 14.6 Å². The van der Waals surface area contributed by atoms with Crippen LogP contribution in [0.15, 0.2) is 42.5 Å². The number of Topliss-reactive ketones (excluding diaryl/α,β-unsaturated/α-hetero) is 1. The monoisotopic (exact) mass is 312 g/mol. The zero-order chi connectivity index (χ0) is 16.1. The first-order chi connectivity index (χ1) is 11.2. The summed E-state index contributed by atoms with van der Waals surface area (Å²) in [5, 5.41) is 15.6. The van der Waals surface area contributed by atoms with Crippen molar-refractivity contribution in [3.05, 3.63) is 53.6 Å². The molecule has 0 amide bonds. The second-order valence-corrected chi connectivity index (χ2v) is 5.50. The molecule has 0 radical (unpaired) electrons. The molecule has 0 saturated heterocycles. The molecule has 23 heavy (non-hydrogen) atoms. The Hall–Kier alpha value is -2.53. The van der Waals surface area contributed by atoms with E-state index in [2.05, 4.69) is 10.6 Å². The summed E-state index contributed by atoms with van der Waals surface area (Å²) in [6.45, 7) is 2.43. The molecule has 0 aromatic heterocycles. The number of carbonyl (C=O) groups excluding carboxylic acids is 1. The van der Waals surface area contributed by atoms with Crippen LogP contribution >= 0.6 is 0 Å². The normalized spacial score (nSPS) is 12.9. The average Bonchev–Trinajstić information content (AvgIpc) is 2.59. The number of ether oxygens (including phenoxy) is 1. The minimum absolute atomic E-state index is 0.0610. The molecule has 2 aromatic carbocycles. The van der Waals surface area contributed by atoms with Gasteiger partial charge in [0.15, 0.2) is 5.78 Å². The van der Waals surface area contributed by atoms with Gasteiger partial charge in [-0.05, 0) is 48.9 Å². The molecule has 1 heterocycles. The van der Waals surface area contributed by atoms with Crippen molar-refractivity contribution in [1.82, 2.24) is 5.32 Å². The second-order valence-electron chi connectivity index (χ2n) is 5.50. The fraction of sp³-hybridized carbons (Fsp3) is 0.278. The van der Waals surface area contributed by atoms with E-state index in [1.807, 2.05) is 24.3 Å². The lowest BCUT2D eigenvalue weighted by molar-refractivity contribution is 0.0991. The van der Waals surface area contributed by atoms with Gasteiger partial charge in [0.25, 0.3) is 0 Å². The fourth-order valence-electron chi connectivity index (χ4n) is 2.51. The second kappa shape index (κ2) is 7.15. The Morgan fingerprint density at radius 1 is 1.22 bits per heavy atom. The molecule has 0 aliphatic carbocycles. The number of nitrogens with one attached hydrogen (secondary N) is 2. The summed E-state index contributed by atoms with van der Waals surface area (Å²) in [4.78, 5) is 12.2. The predicted octanol–water partition coefficient (Wildman–Crippen LogP) is 2.21. The van der Waals surface area contributed by atoms with Gasteiger partial charge in [0.1, 0.15) is 18.1 Å². The number of anilines is 1. The van der Waals surface area contributed by atoms with Crippen LogP contribution in [0.25, 0.3) is 0 Å². The van der Waals surface area contributed by atoms with Gasteiger partial charge in [0.05, 0.1) is 12.2 Å². The van der Waals surface area contributed by atoms with Gasteiger partial charge in [-0.25, -0.2) is 0 Å². The van der Waals surface area contributed by atoms with Crippen molar-refractivity contribution in [3.63, 3.8) is 0 Å². The van der Waals surface area contributed by atoms with E-state index in [0.717, 1.165) is 30.0 Å². The molecule has 3 N–H and O–H groups in total. The van der Waals surface area contributed by atoms with Crippen LogP contribution in [0.5, 0.6) is 11.5 Å². The summed E-state index contributed by atoms with van der Waals surface area (Å²) in [7, 11) is 0. The fourth-order valence-corrected chi connectivity index (χ4v) is 2.51. The first kappa shape index (κ1) is 15.4. The SMILES string of the molecule is O=C(CNCCc1ccc(O)cc1)c1ccc2c(c1)NCCO2. The minimum Gasteiger partial charge on any atom is -0.508 e. The number of benzene rings is 2. The summed E-state index contributed by atoms with van der Waals surface area (Å²) in [6.07, 6.45) is 0.813. The van der Waals surface area contributed by atoms with Gasteiger partial charge in [-0.1, -0.05) is 12.1 Å². The molecular formula is C18H20N2O3. The van der Waals surface area contributed by atoms with Crippen LogP contribution in [0.1, 0.15) is 15.9 Å². The third-order valence-electron chi connectivity index (χ3n) is 3.79. The van der Waals surface area contributed by atoms with Gasteiger partial charge in [-0.2, -0.15) is 0 Å². The van der Waals surface area contributed by atoms with Crippen molar-refractivity contribution in [1.29, 1.82) is 0 Å². The van der Waals surface area contributed by atoms with Crippen LogP contribution in [0, 0.1) is 0 Å². The lowest BCUT2D eigenvalue weighted by atomic mass is 10.1. The van der Waals surface area contributed by atoms with Gasteiger partial charge in [0.2, 0.25) is 0 Å². The summed E-state index contributed by atoms with van der Waals surface area (Å²) < 4.78 is 5.51. The van der Waals surface area contributed by atoms with Crippen molar-refractivity contribution >= 4 is 11.5 Å². The molecule has 0 saturated carbocycles. The molecule has 2 aromatic rings. The highest BCUT2D eigenvalue weighted by Gasteiger charge is 2.13. The molecule has 5 nitrogen and oxygen atoms in total. The standard InChI is InChI=1S/C18H20N2O3/c21-15-4-1-13(2-5-15)7-8-19-12-17(22)14-3-6-18-16(11-14)20-9-10-23-18/h1-6,11,19-21H,7-10,12H2. The molecule has 1 aliphatic heterocycles. The molecule has 0 bridgehead atoms. The maximum absolute atomic E-state index is 12.2. The third kappa shape index (κ3) is 4.02. The van der Waals surface area contributed by atoms with E-state index in [-0.39, 0.29) is 11.5 Å². The van der Waals surface area contributed by atoms with Gasteiger partial charge in [0, 0.05) is 12.1 Å². The number of aromatic hydroxyl groups is 1. The van der Waals surface area contributed by atoms with Gasteiger partial charge in [-0.3, -0.25) is 4.79 Å². The van der Waals surface area contributed by atoms with Crippen LogP contribution in [-0.4, -0.2) is 37.1 Å². The van der Waals surface area contributed by atoms with Gasteiger partial charge < -0.3 is 20.5 Å².